The number of alkyl halides is 3. The van der Waals surface area contributed by atoms with Crippen molar-refractivity contribution < 1.29 is 57.9 Å². The van der Waals surface area contributed by atoms with Gasteiger partial charge >= 0.3 is 31.2 Å². The monoisotopic (exact) mass is 1360 g/mol. The van der Waals surface area contributed by atoms with Crippen molar-refractivity contribution in [1.29, 1.82) is 0 Å². The molecule has 0 atom stereocenters. The Morgan fingerprint density at radius 2 is 0.750 bits per heavy atom. The van der Waals surface area contributed by atoms with E-state index in [1.807, 2.05) is 60.7 Å². The highest BCUT2D eigenvalue weighted by molar-refractivity contribution is 7.85. The lowest BCUT2D eigenvalue weighted by Gasteiger charge is -2.31. The summed E-state index contributed by atoms with van der Waals surface area (Å²) in [7, 11) is -6.18. The number of halogens is 3. The van der Waals surface area contributed by atoms with Crippen molar-refractivity contribution in [3.8, 4) is 0 Å². The zero-order valence-corrected chi connectivity index (χ0v) is 57.7. The fourth-order valence-electron chi connectivity index (χ4n) is 12.6. The van der Waals surface area contributed by atoms with E-state index in [0.717, 1.165) is 28.2 Å². The minimum Gasteiger partial charge on any atom is -0.437 e. The Bertz CT molecular complexity index is 4960. The van der Waals surface area contributed by atoms with Gasteiger partial charge in [0.1, 0.15) is 22.2 Å². The highest BCUT2D eigenvalue weighted by atomic mass is 32.2. The smallest absolute Gasteiger partial charge is 0.437 e. The minimum atomic E-state index is -4.50. The van der Waals surface area contributed by atoms with Gasteiger partial charge in [-0.2, -0.15) is 30.7 Å². The molecule has 0 bridgehead atoms. The molecule has 0 spiro atoms. The van der Waals surface area contributed by atoms with Gasteiger partial charge in [0.25, 0.3) is 20.2 Å². The summed E-state index contributed by atoms with van der Waals surface area (Å²) in [5.74, 6) is 2.41. The van der Waals surface area contributed by atoms with Gasteiger partial charge in [-0.05, 0) is 23.6 Å². The number of nitrogens with zero attached hydrogens (tertiary/aromatic N) is 4. The molecule has 15 heteroatoms. The predicted octanol–water partition coefficient (Wildman–Crippen LogP) is 16.8. The number of para-hydroxylation sites is 1. The van der Waals surface area contributed by atoms with Crippen LogP contribution >= 0.6 is 0 Å². The van der Waals surface area contributed by atoms with Crippen LogP contribution in [-0.4, -0.2) is 90.0 Å². The Labute approximate surface area is 583 Å². The molecule has 4 aliphatic rings. The Morgan fingerprint density at radius 3 is 1.21 bits per heavy atom. The van der Waals surface area contributed by atoms with Crippen LogP contribution in [0.2, 0.25) is 0 Å². The number of fused-ring (bicyclic) bond motifs is 1. The maximum absolute atomic E-state index is 13.6. The van der Waals surface area contributed by atoms with Gasteiger partial charge in [0.05, 0.1) is 5.39 Å². The summed E-state index contributed by atoms with van der Waals surface area (Å²) in [4.78, 5) is 0.259. The summed E-state index contributed by atoms with van der Waals surface area (Å²) in [6, 6.07) is 104. The summed E-state index contributed by atoms with van der Waals surface area (Å²) < 4.78 is 97.3. The van der Waals surface area contributed by atoms with Crippen molar-refractivity contribution in [2.24, 2.45) is 0 Å². The summed E-state index contributed by atoms with van der Waals surface area (Å²) in [5, 5.41) is 6.52. The molecule has 100 heavy (non-hydrogen) atoms. The second-order valence-corrected chi connectivity index (χ2v) is 29.4. The van der Waals surface area contributed by atoms with Gasteiger partial charge in [0, 0.05) is 102 Å². The number of hydrogen-bond donors (Lipinski definition) is 0. The zero-order valence-electron chi connectivity index (χ0n) is 55.9. The average Bonchev–Trinajstić information content (AvgIpc) is 0.732. The first-order valence-electron chi connectivity index (χ1n) is 32.8. The Morgan fingerprint density at radius 1 is 0.370 bits per heavy atom. The third-order valence-electron chi connectivity index (χ3n) is 17.6. The molecule has 10 nitrogen and oxygen atoms in total. The summed E-state index contributed by atoms with van der Waals surface area (Å²) >= 11 is 0. The maximum atomic E-state index is 13.6. The van der Waals surface area contributed by atoms with Crippen LogP contribution in [0.4, 0.5) is 24.5 Å². The summed E-state index contributed by atoms with van der Waals surface area (Å²) in [6.45, 7) is 8.64. The number of sulfonamides is 1. The molecule has 4 aliphatic heterocycles. The van der Waals surface area contributed by atoms with Crippen molar-refractivity contribution in [3.63, 3.8) is 0 Å². The van der Waals surface area contributed by atoms with Crippen LogP contribution in [0.3, 0.4) is 0 Å². The van der Waals surface area contributed by atoms with E-state index in [1.54, 1.807) is 97.9 Å². The van der Waals surface area contributed by atoms with Crippen LogP contribution < -0.4 is 15.6 Å². The Kier molecular flexibility index (Phi) is 21.4. The molecule has 0 aromatic heterocycles. The first-order chi connectivity index (χ1) is 48.7. The fourth-order valence-corrected chi connectivity index (χ4v) is 18.8. The third-order valence-corrected chi connectivity index (χ3v) is 24.2. The molecular formula is C85H75F3N4O6SSi+4. The van der Waals surface area contributed by atoms with Crippen molar-refractivity contribution in [1.82, 2.24) is 0 Å². The number of allylic oxidation sites excluding steroid dienone is 4. The molecule has 0 aliphatic carbocycles. The molecule has 0 fully saturated rings. The molecular weight excluding hydrogens is 1290 g/mol. The van der Waals surface area contributed by atoms with E-state index < -0.39 is 30.0 Å². The lowest BCUT2D eigenvalue weighted by molar-refractivity contribution is -0.486. The average molecular weight is 1370 g/mol. The SMILES string of the molecule is CC1=[N+](S(=O)(=O)c2ccccc2)COC(c2ccccc2)=C1.CC1=[N+]([Si](c2ccccc2)(c2ccccc2)c2ccccc2)COC(c2ccccc2)=C1.CC1=[N+](c2cccc3ccccc23)COC(c2ccccc2)=C1.CC1=[N+](c2ccccc2)COC(c2ccccc2)=C1C(F)(F)F. The second-order valence-electron chi connectivity index (χ2n) is 23.9. The van der Waals surface area contributed by atoms with Crippen LogP contribution in [-0.2, 0) is 29.0 Å². The maximum Gasteiger partial charge on any atom is 0.460 e. The van der Waals surface area contributed by atoms with E-state index in [4.69, 9.17) is 18.9 Å². The fraction of sp³-hybridized carbons (Fsp3) is 0.106. The molecule has 0 saturated heterocycles. The number of rotatable bonds is 12. The van der Waals surface area contributed by atoms with E-state index in [1.165, 1.54) is 58.9 Å². The topological polar surface area (TPSA) is 83.1 Å². The molecule has 4 heterocycles. The van der Waals surface area contributed by atoms with Crippen LogP contribution in [0.25, 0.3) is 33.8 Å². The molecule has 11 aromatic rings. The molecule has 0 saturated carbocycles. The lowest BCUT2D eigenvalue weighted by Crippen LogP contribution is -2.75. The van der Waals surface area contributed by atoms with Crippen molar-refractivity contribution in [2.75, 3.05) is 26.9 Å². The first-order valence-corrected chi connectivity index (χ1v) is 36.2. The number of hydrogen-bond acceptors (Lipinski definition) is 6. The van der Waals surface area contributed by atoms with E-state index in [-0.39, 0.29) is 29.8 Å². The van der Waals surface area contributed by atoms with Crippen molar-refractivity contribution in [2.45, 2.75) is 38.8 Å². The number of benzene rings is 11. The molecule has 0 N–H and O–H groups in total. The van der Waals surface area contributed by atoms with Crippen molar-refractivity contribution >= 4 is 102 Å². The van der Waals surface area contributed by atoms with E-state index in [2.05, 4.69) is 205 Å². The van der Waals surface area contributed by atoms with Crippen molar-refractivity contribution in [3.05, 3.63) is 362 Å². The van der Waals surface area contributed by atoms with Gasteiger partial charge in [-0.3, -0.25) is 4.24 Å². The van der Waals surface area contributed by atoms with Gasteiger partial charge in [-0.15, -0.1) is 0 Å². The predicted molar refractivity (Wildman–Crippen MR) is 398 cm³/mol. The molecule has 11 aromatic carbocycles. The molecule has 0 unspecified atom stereocenters. The van der Waals surface area contributed by atoms with Crippen LogP contribution in [0.15, 0.2) is 344 Å². The molecule has 498 valence electrons. The standard InChI is InChI=1S/C29H26NOSi.C21H18NO.C18H15F3NO.C17H16NO3S/c1-24-22-29(25-14-6-2-7-15-25)31-23-30(24)32(26-16-8-3-9-17-26,27-18-10-4-11-19-27)28-20-12-5-13-21-28;1-16-14-21(18-9-3-2-4-10-18)23-15-22(16)20-13-7-11-17-8-5-6-12-19(17)20;1-13-16(18(19,20)21)17(14-8-4-2-5-9-14)23-12-22(13)15-10-6-3-7-11-15;1-14-12-17(15-8-4-2-5-9-15)21-13-18(14)22(19,20)16-10-6-3-7-11-16/h2-22H,23H2,1H3;2-14H,15H2,1H3;2-11H,12H2,1H3;2-12H,13H2,1H3/q4*+1. The lowest BCUT2D eigenvalue weighted by atomic mass is 10.0. The van der Waals surface area contributed by atoms with E-state index in [9.17, 15) is 21.6 Å². The highest BCUT2D eigenvalue weighted by Gasteiger charge is 2.55. The first kappa shape index (κ1) is 68.4. The van der Waals surface area contributed by atoms with Gasteiger partial charge in [-0.1, -0.05) is 283 Å². The molecule has 15 rings (SSSR count). The zero-order chi connectivity index (χ0) is 69.5. The van der Waals surface area contributed by atoms with Gasteiger partial charge < -0.3 is 18.9 Å². The van der Waals surface area contributed by atoms with Crippen LogP contribution in [0, 0.1) is 0 Å². The molecule has 0 amide bonds. The van der Waals surface area contributed by atoms with Crippen LogP contribution in [0.5, 0.6) is 0 Å². The van der Waals surface area contributed by atoms with Gasteiger partial charge in [0.2, 0.25) is 11.4 Å². The normalized spacial score (nSPS) is 14.8. The van der Waals surface area contributed by atoms with Crippen LogP contribution in [0.1, 0.15) is 49.9 Å². The largest absolute Gasteiger partial charge is 0.460 e. The highest BCUT2D eigenvalue weighted by Crippen LogP contribution is 2.38. The van der Waals surface area contributed by atoms with Gasteiger partial charge in [0.15, 0.2) is 34.2 Å². The molecule has 0 radical (unpaired) electrons. The number of ether oxygens (including phenoxy) is 4. The van der Waals surface area contributed by atoms with E-state index in [0.29, 0.717) is 36.2 Å². The summed E-state index contributed by atoms with van der Waals surface area (Å²) in [5.41, 5.74) is 7.86. The Balaban J connectivity index is 0.000000128. The third kappa shape index (κ3) is 15.3. The van der Waals surface area contributed by atoms with Gasteiger partial charge in [-0.25, -0.2) is 0 Å². The van der Waals surface area contributed by atoms with E-state index >= 15 is 0 Å². The minimum absolute atomic E-state index is 0.0240. The second kappa shape index (κ2) is 31.3. The quantitative estimate of drug-likeness (QED) is 0.0688. The Hall–Kier alpha value is -11.5. The summed E-state index contributed by atoms with van der Waals surface area (Å²) in [6.07, 6.45) is 1.55.